The fourth-order valence-electron chi connectivity index (χ4n) is 1.54. The fraction of sp³-hybridized carbons (Fsp3) is 0.231. The number of aromatic nitrogens is 2. The summed E-state index contributed by atoms with van der Waals surface area (Å²) in [7, 11) is 0. The van der Waals surface area contributed by atoms with Gasteiger partial charge in [-0.15, -0.1) is 0 Å². The molecule has 1 aromatic carbocycles. The largest absolute Gasteiger partial charge is 0.369 e. The van der Waals surface area contributed by atoms with Crippen LogP contribution in [0.2, 0.25) is 10.0 Å². The highest BCUT2D eigenvalue weighted by Gasteiger charge is 2.10. The van der Waals surface area contributed by atoms with Crippen molar-refractivity contribution in [2.45, 2.75) is 13.3 Å². The molecule has 0 radical (unpaired) electrons. The van der Waals surface area contributed by atoms with Crippen molar-refractivity contribution in [3.63, 3.8) is 0 Å². The maximum Gasteiger partial charge on any atom is 0.163 e. The molecule has 0 aliphatic carbocycles. The van der Waals surface area contributed by atoms with Crippen LogP contribution in [0.3, 0.4) is 0 Å². The molecule has 0 fully saturated rings. The van der Waals surface area contributed by atoms with E-state index in [2.05, 4.69) is 38.1 Å². The van der Waals surface area contributed by atoms with Crippen molar-refractivity contribution < 1.29 is 0 Å². The Balaban J connectivity index is 2.39. The second kappa shape index (κ2) is 6.55. The van der Waals surface area contributed by atoms with E-state index in [9.17, 15) is 0 Å². The van der Waals surface area contributed by atoms with E-state index in [0.29, 0.717) is 15.9 Å². The van der Waals surface area contributed by atoms with E-state index in [4.69, 9.17) is 23.2 Å². The van der Waals surface area contributed by atoms with E-state index in [0.717, 1.165) is 28.8 Å². The maximum atomic E-state index is 6.16. The number of rotatable bonds is 4. The van der Waals surface area contributed by atoms with Crippen LogP contribution in [-0.2, 0) is 0 Å². The molecular formula is C13H12BrCl2N3. The molecule has 19 heavy (non-hydrogen) atoms. The van der Waals surface area contributed by atoms with Crippen LogP contribution in [0.25, 0.3) is 11.4 Å². The third kappa shape index (κ3) is 3.59. The molecular weight excluding hydrogens is 349 g/mol. The molecule has 1 aromatic heterocycles. The average Bonchev–Trinajstić information content (AvgIpc) is 2.38. The first kappa shape index (κ1) is 14.6. The lowest BCUT2D eigenvalue weighted by atomic mass is 10.2. The zero-order valence-electron chi connectivity index (χ0n) is 10.3. The Morgan fingerprint density at radius 3 is 2.79 bits per heavy atom. The molecule has 0 spiro atoms. The number of nitrogens with zero attached hydrogens (tertiary/aromatic N) is 2. The first-order chi connectivity index (χ1) is 9.11. The minimum Gasteiger partial charge on any atom is -0.369 e. The maximum absolute atomic E-state index is 6.16. The van der Waals surface area contributed by atoms with Crippen molar-refractivity contribution in [3.8, 4) is 11.4 Å². The number of hydrogen-bond acceptors (Lipinski definition) is 3. The van der Waals surface area contributed by atoms with Gasteiger partial charge in [-0.3, -0.25) is 0 Å². The van der Waals surface area contributed by atoms with Crippen LogP contribution in [0.4, 0.5) is 5.82 Å². The standard InChI is InChI=1S/C13H12BrCl2N3/c1-2-5-17-13-10(14)7-18-12(19-13)9-4-3-8(15)6-11(9)16/h3-4,6-7H,2,5H2,1H3,(H,17,18,19). The van der Waals surface area contributed by atoms with Gasteiger partial charge in [-0.1, -0.05) is 30.1 Å². The average molecular weight is 361 g/mol. The topological polar surface area (TPSA) is 37.8 Å². The van der Waals surface area contributed by atoms with Gasteiger partial charge in [0.25, 0.3) is 0 Å². The Morgan fingerprint density at radius 2 is 2.11 bits per heavy atom. The quantitative estimate of drug-likeness (QED) is 0.830. The van der Waals surface area contributed by atoms with E-state index >= 15 is 0 Å². The van der Waals surface area contributed by atoms with E-state index in [-0.39, 0.29) is 0 Å². The third-order valence-corrected chi connectivity index (χ3v) is 3.59. The Labute approximate surface area is 130 Å². The first-order valence-electron chi connectivity index (χ1n) is 5.83. The van der Waals surface area contributed by atoms with Crippen LogP contribution in [0, 0.1) is 0 Å². The molecule has 0 bridgehead atoms. The molecule has 0 unspecified atom stereocenters. The van der Waals surface area contributed by atoms with Crippen LogP contribution in [-0.4, -0.2) is 16.5 Å². The first-order valence-corrected chi connectivity index (χ1v) is 7.38. The molecule has 2 rings (SSSR count). The second-order valence-corrected chi connectivity index (χ2v) is 5.64. The number of hydrogen-bond donors (Lipinski definition) is 1. The summed E-state index contributed by atoms with van der Waals surface area (Å²) in [5, 5.41) is 4.37. The smallest absolute Gasteiger partial charge is 0.163 e. The predicted octanol–water partition coefficient (Wildman–Crippen LogP) is 5.03. The molecule has 100 valence electrons. The zero-order chi connectivity index (χ0) is 13.8. The predicted molar refractivity (Wildman–Crippen MR) is 84.0 cm³/mol. The summed E-state index contributed by atoms with van der Waals surface area (Å²) in [5.74, 6) is 1.33. The van der Waals surface area contributed by atoms with Gasteiger partial charge in [0.05, 0.1) is 9.50 Å². The molecule has 2 aromatic rings. The van der Waals surface area contributed by atoms with Crippen molar-refractivity contribution in [1.82, 2.24) is 9.97 Å². The molecule has 0 saturated carbocycles. The Hall–Kier alpha value is -0.840. The van der Waals surface area contributed by atoms with Crippen LogP contribution >= 0.6 is 39.1 Å². The van der Waals surface area contributed by atoms with Gasteiger partial charge in [-0.05, 0) is 40.5 Å². The van der Waals surface area contributed by atoms with Crippen LogP contribution in [0.15, 0.2) is 28.9 Å². The summed E-state index contributed by atoms with van der Waals surface area (Å²) in [6, 6.07) is 5.27. The van der Waals surface area contributed by atoms with Gasteiger partial charge in [0, 0.05) is 23.3 Å². The van der Waals surface area contributed by atoms with E-state index in [1.807, 2.05) is 6.07 Å². The van der Waals surface area contributed by atoms with E-state index in [1.54, 1.807) is 18.3 Å². The lowest BCUT2D eigenvalue weighted by Gasteiger charge is -2.09. The Bertz CT molecular complexity index is 590. The number of benzene rings is 1. The molecule has 0 atom stereocenters. The summed E-state index contributed by atoms with van der Waals surface area (Å²) < 4.78 is 0.829. The highest BCUT2D eigenvalue weighted by Crippen LogP contribution is 2.30. The van der Waals surface area contributed by atoms with E-state index < -0.39 is 0 Å². The van der Waals surface area contributed by atoms with Gasteiger partial charge in [0.1, 0.15) is 5.82 Å². The SMILES string of the molecule is CCCNc1nc(-c2ccc(Cl)cc2Cl)ncc1Br. The van der Waals surface area contributed by atoms with Crippen LogP contribution in [0.5, 0.6) is 0 Å². The van der Waals surface area contributed by atoms with Crippen molar-refractivity contribution >= 4 is 44.9 Å². The molecule has 3 nitrogen and oxygen atoms in total. The van der Waals surface area contributed by atoms with Crippen LogP contribution < -0.4 is 5.32 Å². The minimum absolute atomic E-state index is 0.538. The van der Waals surface area contributed by atoms with Crippen molar-refractivity contribution in [2.75, 3.05) is 11.9 Å². The number of anilines is 1. The van der Waals surface area contributed by atoms with Gasteiger partial charge in [0.2, 0.25) is 0 Å². The van der Waals surface area contributed by atoms with Crippen molar-refractivity contribution in [2.24, 2.45) is 0 Å². The van der Waals surface area contributed by atoms with Gasteiger partial charge in [-0.25, -0.2) is 9.97 Å². The molecule has 0 aliphatic heterocycles. The number of halogens is 3. The Morgan fingerprint density at radius 1 is 1.32 bits per heavy atom. The number of nitrogens with one attached hydrogen (secondary N) is 1. The lowest BCUT2D eigenvalue weighted by molar-refractivity contribution is 0.963. The summed E-state index contributed by atoms with van der Waals surface area (Å²) in [4.78, 5) is 8.76. The molecule has 1 heterocycles. The van der Waals surface area contributed by atoms with Gasteiger partial charge in [0.15, 0.2) is 5.82 Å². The van der Waals surface area contributed by atoms with Gasteiger partial charge >= 0.3 is 0 Å². The van der Waals surface area contributed by atoms with Gasteiger partial charge < -0.3 is 5.32 Å². The molecule has 0 amide bonds. The lowest BCUT2D eigenvalue weighted by Crippen LogP contribution is -2.04. The van der Waals surface area contributed by atoms with E-state index in [1.165, 1.54) is 0 Å². The van der Waals surface area contributed by atoms with Crippen molar-refractivity contribution in [1.29, 1.82) is 0 Å². The molecule has 0 saturated heterocycles. The monoisotopic (exact) mass is 359 g/mol. The second-order valence-electron chi connectivity index (χ2n) is 3.94. The minimum atomic E-state index is 0.538. The summed E-state index contributed by atoms with van der Waals surface area (Å²) in [6.45, 7) is 2.95. The summed E-state index contributed by atoms with van der Waals surface area (Å²) in [6.07, 6.45) is 2.73. The normalized spacial score (nSPS) is 10.5. The summed E-state index contributed by atoms with van der Waals surface area (Å²) >= 11 is 15.5. The highest BCUT2D eigenvalue weighted by atomic mass is 79.9. The third-order valence-electron chi connectivity index (χ3n) is 2.46. The fourth-order valence-corrected chi connectivity index (χ4v) is 2.36. The summed E-state index contributed by atoms with van der Waals surface area (Å²) in [5.41, 5.74) is 0.762. The molecule has 6 heteroatoms. The molecule has 1 N–H and O–H groups in total. The highest BCUT2D eigenvalue weighted by molar-refractivity contribution is 9.10. The Kier molecular flexibility index (Phi) is 5.02. The van der Waals surface area contributed by atoms with Crippen molar-refractivity contribution in [3.05, 3.63) is 38.9 Å². The van der Waals surface area contributed by atoms with Gasteiger partial charge in [-0.2, -0.15) is 0 Å². The zero-order valence-corrected chi connectivity index (χ0v) is 13.3. The molecule has 0 aliphatic rings. The van der Waals surface area contributed by atoms with Crippen LogP contribution in [0.1, 0.15) is 13.3 Å².